The second-order valence-electron chi connectivity index (χ2n) is 5.28. The molecule has 0 amide bonds. The van der Waals surface area contributed by atoms with E-state index in [0.29, 0.717) is 12.1 Å². The molecule has 1 aliphatic heterocycles. The van der Waals surface area contributed by atoms with Gasteiger partial charge in [0.15, 0.2) is 0 Å². The van der Waals surface area contributed by atoms with E-state index in [0.717, 1.165) is 0 Å². The molecule has 1 saturated heterocycles. The van der Waals surface area contributed by atoms with Gasteiger partial charge in [0.2, 0.25) is 0 Å². The van der Waals surface area contributed by atoms with Crippen molar-refractivity contribution < 1.29 is 0 Å². The lowest BCUT2D eigenvalue weighted by Gasteiger charge is -2.40. The van der Waals surface area contributed by atoms with E-state index in [4.69, 9.17) is 0 Å². The van der Waals surface area contributed by atoms with Crippen LogP contribution in [0.3, 0.4) is 0 Å². The zero-order chi connectivity index (χ0) is 11.5. The van der Waals surface area contributed by atoms with Crippen LogP contribution in [0.2, 0.25) is 0 Å². The molecule has 1 unspecified atom stereocenters. The Morgan fingerprint density at radius 1 is 1.19 bits per heavy atom. The molecule has 2 rings (SSSR count). The molecule has 2 heteroatoms. The molecule has 0 radical (unpaired) electrons. The summed E-state index contributed by atoms with van der Waals surface area (Å²) < 4.78 is 0. The van der Waals surface area contributed by atoms with Crippen molar-refractivity contribution in [3.05, 3.63) is 23.8 Å². The summed E-state index contributed by atoms with van der Waals surface area (Å²) in [6, 6.07) is 1.35. The van der Waals surface area contributed by atoms with Crippen LogP contribution in [0, 0.1) is 0 Å². The van der Waals surface area contributed by atoms with E-state index < -0.39 is 0 Å². The maximum absolute atomic E-state index is 2.62. The summed E-state index contributed by atoms with van der Waals surface area (Å²) >= 11 is 0. The van der Waals surface area contributed by atoms with Gasteiger partial charge in [-0.1, -0.05) is 23.8 Å². The SMILES string of the molecule is CC1=CCC(N2CCN(C(C)C)CC2)C=C1. The van der Waals surface area contributed by atoms with Crippen LogP contribution < -0.4 is 0 Å². The molecule has 2 aliphatic rings. The molecular weight excluding hydrogens is 196 g/mol. The van der Waals surface area contributed by atoms with E-state index in [-0.39, 0.29) is 0 Å². The lowest BCUT2D eigenvalue weighted by Crippen LogP contribution is -2.51. The van der Waals surface area contributed by atoms with Gasteiger partial charge < -0.3 is 0 Å². The normalized spacial score (nSPS) is 28.5. The average Bonchev–Trinajstić information content (AvgIpc) is 2.30. The van der Waals surface area contributed by atoms with E-state index in [1.54, 1.807) is 0 Å². The van der Waals surface area contributed by atoms with Gasteiger partial charge in [0.05, 0.1) is 0 Å². The van der Waals surface area contributed by atoms with E-state index in [9.17, 15) is 0 Å². The molecule has 90 valence electrons. The van der Waals surface area contributed by atoms with Crippen molar-refractivity contribution >= 4 is 0 Å². The van der Waals surface area contributed by atoms with Gasteiger partial charge in [-0.15, -0.1) is 0 Å². The van der Waals surface area contributed by atoms with Crippen LogP contribution in [0.1, 0.15) is 27.2 Å². The summed E-state index contributed by atoms with van der Waals surface area (Å²) in [7, 11) is 0. The fourth-order valence-electron chi connectivity index (χ4n) is 2.57. The molecule has 0 aromatic carbocycles. The smallest absolute Gasteiger partial charge is 0.0317 e. The zero-order valence-electron chi connectivity index (χ0n) is 10.8. The van der Waals surface area contributed by atoms with Gasteiger partial charge in [-0.25, -0.2) is 0 Å². The Morgan fingerprint density at radius 3 is 2.38 bits per heavy atom. The Bertz CT molecular complexity index is 283. The first kappa shape index (κ1) is 11.9. The number of nitrogens with zero attached hydrogens (tertiary/aromatic N) is 2. The van der Waals surface area contributed by atoms with Crippen LogP contribution in [0.4, 0.5) is 0 Å². The highest BCUT2D eigenvalue weighted by atomic mass is 15.3. The Kier molecular flexibility index (Phi) is 3.82. The van der Waals surface area contributed by atoms with Crippen molar-refractivity contribution in [1.82, 2.24) is 9.80 Å². The van der Waals surface area contributed by atoms with E-state index in [1.165, 1.54) is 38.2 Å². The summed E-state index contributed by atoms with van der Waals surface area (Å²) in [4.78, 5) is 5.20. The van der Waals surface area contributed by atoms with Crippen molar-refractivity contribution in [2.45, 2.75) is 39.3 Å². The molecule has 1 heterocycles. The Hall–Kier alpha value is -0.600. The summed E-state index contributed by atoms with van der Waals surface area (Å²) in [6.45, 7) is 11.7. The third kappa shape index (κ3) is 2.74. The van der Waals surface area contributed by atoms with Gasteiger partial charge in [0.1, 0.15) is 0 Å². The highest BCUT2D eigenvalue weighted by Gasteiger charge is 2.23. The molecule has 0 saturated carbocycles. The van der Waals surface area contributed by atoms with Crippen LogP contribution in [-0.4, -0.2) is 48.1 Å². The highest BCUT2D eigenvalue weighted by molar-refractivity contribution is 5.23. The van der Waals surface area contributed by atoms with Crippen molar-refractivity contribution in [1.29, 1.82) is 0 Å². The Labute approximate surface area is 99.6 Å². The Morgan fingerprint density at radius 2 is 1.88 bits per heavy atom. The monoisotopic (exact) mass is 220 g/mol. The predicted molar refractivity (Wildman–Crippen MR) is 69.6 cm³/mol. The first-order valence-corrected chi connectivity index (χ1v) is 6.50. The van der Waals surface area contributed by atoms with Gasteiger partial charge in [-0.2, -0.15) is 0 Å². The van der Waals surface area contributed by atoms with Crippen LogP contribution >= 0.6 is 0 Å². The molecule has 0 N–H and O–H groups in total. The quantitative estimate of drug-likeness (QED) is 0.704. The van der Waals surface area contributed by atoms with Crippen LogP contribution in [0.15, 0.2) is 23.8 Å². The Balaban J connectivity index is 1.84. The molecule has 0 aromatic heterocycles. The largest absolute Gasteiger partial charge is 0.298 e. The van der Waals surface area contributed by atoms with E-state index in [1.807, 2.05) is 0 Å². The average molecular weight is 220 g/mol. The van der Waals surface area contributed by atoms with Crippen LogP contribution in [-0.2, 0) is 0 Å². The molecule has 0 spiro atoms. The van der Waals surface area contributed by atoms with Crippen molar-refractivity contribution in [2.24, 2.45) is 0 Å². The van der Waals surface area contributed by atoms with Crippen molar-refractivity contribution in [3.8, 4) is 0 Å². The number of rotatable bonds is 2. The third-order valence-electron chi connectivity index (χ3n) is 3.81. The number of piperazine rings is 1. The van der Waals surface area contributed by atoms with Crippen molar-refractivity contribution in [2.75, 3.05) is 26.2 Å². The van der Waals surface area contributed by atoms with Gasteiger partial charge >= 0.3 is 0 Å². The zero-order valence-corrected chi connectivity index (χ0v) is 10.8. The maximum atomic E-state index is 2.62. The first-order valence-electron chi connectivity index (χ1n) is 6.50. The molecular formula is C14H24N2. The van der Waals surface area contributed by atoms with Crippen molar-refractivity contribution in [3.63, 3.8) is 0 Å². The molecule has 2 nitrogen and oxygen atoms in total. The van der Waals surface area contributed by atoms with Crippen LogP contribution in [0.25, 0.3) is 0 Å². The maximum Gasteiger partial charge on any atom is 0.0317 e. The molecule has 1 aliphatic carbocycles. The standard InChI is InChI=1S/C14H24N2/c1-12(2)15-8-10-16(11-9-15)14-6-4-13(3)5-7-14/h4-6,12,14H,7-11H2,1-3H3. The minimum Gasteiger partial charge on any atom is -0.298 e. The van der Waals surface area contributed by atoms with Gasteiger partial charge in [0.25, 0.3) is 0 Å². The minimum atomic E-state index is 0.651. The topological polar surface area (TPSA) is 6.48 Å². The van der Waals surface area contributed by atoms with Gasteiger partial charge in [0, 0.05) is 38.3 Å². The predicted octanol–water partition coefficient (Wildman–Crippen LogP) is 2.29. The molecule has 1 fully saturated rings. The third-order valence-corrected chi connectivity index (χ3v) is 3.81. The summed E-state index contributed by atoms with van der Waals surface area (Å²) in [5.74, 6) is 0. The molecule has 1 atom stereocenters. The summed E-state index contributed by atoms with van der Waals surface area (Å²) in [5, 5.41) is 0. The highest BCUT2D eigenvalue weighted by Crippen LogP contribution is 2.17. The lowest BCUT2D eigenvalue weighted by atomic mass is 10.0. The van der Waals surface area contributed by atoms with E-state index >= 15 is 0 Å². The summed E-state index contributed by atoms with van der Waals surface area (Å²) in [5.41, 5.74) is 1.41. The minimum absolute atomic E-state index is 0.651. The number of hydrogen-bond donors (Lipinski definition) is 0. The number of allylic oxidation sites excluding steroid dienone is 2. The van der Waals surface area contributed by atoms with E-state index in [2.05, 4.69) is 48.8 Å². The second kappa shape index (κ2) is 5.15. The fourth-order valence-corrected chi connectivity index (χ4v) is 2.57. The first-order chi connectivity index (χ1) is 7.66. The lowest BCUT2D eigenvalue weighted by molar-refractivity contribution is 0.0916. The fraction of sp³-hybridized carbons (Fsp3) is 0.714. The van der Waals surface area contributed by atoms with Gasteiger partial charge in [-0.05, 0) is 27.2 Å². The number of hydrogen-bond acceptors (Lipinski definition) is 2. The summed E-state index contributed by atoms with van der Waals surface area (Å²) in [6.07, 6.45) is 8.20. The van der Waals surface area contributed by atoms with Gasteiger partial charge in [-0.3, -0.25) is 9.80 Å². The molecule has 0 bridgehead atoms. The molecule has 16 heavy (non-hydrogen) atoms. The molecule has 0 aromatic rings. The second-order valence-corrected chi connectivity index (χ2v) is 5.28. The van der Waals surface area contributed by atoms with Crippen LogP contribution in [0.5, 0.6) is 0 Å².